The molecule has 0 atom stereocenters. The zero-order chi connectivity index (χ0) is 26.0. The lowest BCUT2D eigenvalue weighted by atomic mass is 9.82. The van der Waals surface area contributed by atoms with Crippen LogP contribution in [-0.2, 0) is 22.4 Å². The number of carbonyl (C=O) groups is 1. The monoisotopic (exact) mass is 498 g/mol. The third kappa shape index (κ3) is 6.90. The Morgan fingerprint density at radius 2 is 1.62 bits per heavy atom. The number of rotatable bonds is 11. The van der Waals surface area contributed by atoms with Crippen molar-refractivity contribution in [2.24, 2.45) is 0 Å². The van der Waals surface area contributed by atoms with Gasteiger partial charge in [-0.15, -0.1) is 0 Å². The number of aryl methyl sites for hydroxylation is 1. The first kappa shape index (κ1) is 26.7. The van der Waals surface area contributed by atoms with Crippen LogP contribution in [0.3, 0.4) is 0 Å². The minimum Gasteiger partial charge on any atom is -0.491 e. The third-order valence-corrected chi connectivity index (χ3v) is 7.31. The zero-order valence-corrected chi connectivity index (χ0v) is 21.9. The summed E-state index contributed by atoms with van der Waals surface area (Å²) in [5.74, 6) is 1.01. The number of esters is 1. The highest BCUT2D eigenvalue weighted by atomic mass is 16.5. The second kappa shape index (κ2) is 13.3. The van der Waals surface area contributed by atoms with Gasteiger partial charge in [-0.1, -0.05) is 81.3 Å². The summed E-state index contributed by atoms with van der Waals surface area (Å²) in [6, 6.07) is 21.5. The summed E-state index contributed by atoms with van der Waals surface area (Å²) in [6.45, 7) is 6.27. The summed E-state index contributed by atoms with van der Waals surface area (Å²) in [5, 5.41) is 9.01. The number of hydrogen-bond acceptors (Lipinski definition) is 4. The fraction of sp³-hybridized carbons (Fsp3) is 0.364. The molecule has 0 unspecified atom stereocenters. The van der Waals surface area contributed by atoms with Crippen molar-refractivity contribution in [1.82, 2.24) is 0 Å². The largest absolute Gasteiger partial charge is 0.491 e. The number of aliphatic hydroxyl groups is 1. The fourth-order valence-corrected chi connectivity index (χ4v) is 5.34. The van der Waals surface area contributed by atoms with Gasteiger partial charge in [-0.05, 0) is 76.3 Å². The van der Waals surface area contributed by atoms with Crippen LogP contribution in [0.1, 0.15) is 61.6 Å². The highest BCUT2D eigenvalue weighted by Crippen LogP contribution is 2.37. The normalized spacial score (nSPS) is 13.8. The molecule has 3 aromatic carbocycles. The Hall–Kier alpha value is -3.37. The van der Waals surface area contributed by atoms with Gasteiger partial charge in [0.2, 0.25) is 0 Å². The number of ether oxygens (including phenoxy) is 2. The van der Waals surface area contributed by atoms with E-state index in [-0.39, 0.29) is 13.2 Å². The molecule has 1 fully saturated rings. The average Bonchev–Trinajstić information content (AvgIpc) is 2.96. The molecule has 0 radical (unpaired) electrons. The van der Waals surface area contributed by atoms with Crippen molar-refractivity contribution >= 4 is 5.97 Å². The van der Waals surface area contributed by atoms with E-state index in [4.69, 9.17) is 14.6 Å². The summed E-state index contributed by atoms with van der Waals surface area (Å²) in [5.41, 5.74) is 8.61. The second-order valence-corrected chi connectivity index (χ2v) is 9.70. The van der Waals surface area contributed by atoms with E-state index >= 15 is 0 Å². The molecular formula is C33H38O4. The Bertz CT molecular complexity index is 1190. The van der Waals surface area contributed by atoms with Gasteiger partial charge >= 0.3 is 5.97 Å². The van der Waals surface area contributed by atoms with Crippen LogP contribution < -0.4 is 4.74 Å². The van der Waals surface area contributed by atoms with Crippen molar-refractivity contribution in [3.05, 3.63) is 90.0 Å². The molecule has 0 saturated heterocycles. The predicted molar refractivity (Wildman–Crippen MR) is 150 cm³/mol. The molecule has 1 aliphatic carbocycles. The highest BCUT2D eigenvalue weighted by Gasteiger charge is 2.17. The van der Waals surface area contributed by atoms with Gasteiger partial charge in [-0.25, -0.2) is 4.79 Å². The Balaban J connectivity index is 1.65. The van der Waals surface area contributed by atoms with E-state index in [1.54, 1.807) is 0 Å². The van der Waals surface area contributed by atoms with Crippen molar-refractivity contribution in [2.45, 2.75) is 57.8 Å². The van der Waals surface area contributed by atoms with Crippen molar-refractivity contribution in [3.63, 3.8) is 0 Å². The van der Waals surface area contributed by atoms with Gasteiger partial charge in [-0.2, -0.15) is 0 Å². The standard InChI is InChI=1S/C33H38O4/c1-3-24-22-27(25-8-6-5-7-9-25)12-16-31(24)28-13-17-32(29(23-28)18-20-37-33(35)4-2)26-10-14-30(15-11-26)36-21-19-34/h4,10-17,22-23,25,34H,2-3,5-9,18-21H2,1H3. The lowest BCUT2D eigenvalue weighted by Crippen LogP contribution is -2.06. The van der Waals surface area contributed by atoms with Gasteiger partial charge in [0.25, 0.3) is 0 Å². The van der Waals surface area contributed by atoms with Crippen LogP contribution in [0.15, 0.2) is 73.3 Å². The molecule has 4 rings (SSSR count). The molecule has 0 aromatic heterocycles. The molecule has 1 N–H and O–H groups in total. The van der Waals surface area contributed by atoms with Gasteiger partial charge in [-0.3, -0.25) is 0 Å². The van der Waals surface area contributed by atoms with Crippen LogP contribution in [-0.4, -0.2) is 30.9 Å². The lowest BCUT2D eigenvalue weighted by Gasteiger charge is -2.23. The molecule has 1 saturated carbocycles. The van der Waals surface area contributed by atoms with Crippen molar-refractivity contribution < 1.29 is 19.4 Å². The molecule has 194 valence electrons. The van der Waals surface area contributed by atoms with Gasteiger partial charge in [0, 0.05) is 12.5 Å². The molecular weight excluding hydrogens is 460 g/mol. The second-order valence-electron chi connectivity index (χ2n) is 9.70. The molecule has 37 heavy (non-hydrogen) atoms. The van der Waals surface area contributed by atoms with E-state index in [9.17, 15) is 4.79 Å². The van der Waals surface area contributed by atoms with Gasteiger partial charge < -0.3 is 14.6 Å². The lowest BCUT2D eigenvalue weighted by molar-refractivity contribution is -0.137. The Morgan fingerprint density at radius 1 is 0.919 bits per heavy atom. The van der Waals surface area contributed by atoms with Crippen LogP contribution in [0.2, 0.25) is 0 Å². The number of benzene rings is 3. The molecule has 0 aliphatic heterocycles. The van der Waals surface area contributed by atoms with E-state index < -0.39 is 5.97 Å². The van der Waals surface area contributed by atoms with Crippen LogP contribution in [0.5, 0.6) is 5.75 Å². The predicted octanol–water partition coefficient (Wildman–Crippen LogP) is 7.27. The van der Waals surface area contributed by atoms with E-state index in [1.165, 1.54) is 60.4 Å². The summed E-state index contributed by atoms with van der Waals surface area (Å²) >= 11 is 0. The SMILES string of the molecule is C=CC(=O)OCCc1cc(-c2ccc(C3CCCCC3)cc2CC)ccc1-c1ccc(OCCO)cc1. The maximum absolute atomic E-state index is 11.6. The number of aliphatic hydroxyl groups excluding tert-OH is 1. The summed E-state index contributed by atoms with van der Waals surface area (Å²) < 4.78 is 10.8. The summed E-state index contributed by atoms with van der Waals surface area (Å²) in [6.07, 6.45) is 9.43. The Kier molecular flexibility index (Phi) is 9.56. The zero-order valence-electron chi connectivity index (χ0n) is 21.9. The fourth-order valence-electron chi connectivity index (χ4n) is 5.34. The first-order valence-electron chi connectivity index (χ1n) is 13.5. The Morgan fingerprint density at radius 3 is 2.32 bits per heavy atom. The number of carbonyl (C=O) groups excluding carboxylic acids is 1. The molecule has 1 aliphatic rings. The summed E-state index contributed by atoms with van der Waals surface area (Å²) in [4.78, 5) is 11.6. The summed E-state index contributed by atoms with van der Waals surface area (Å²) in [7, 11) is 0. The smallest absolute Gasteiger partial charge is 0.330 e. The van der Waals surface area contributed by atoms with E-state index in [0.717, 1.165) is 28.9 Å². The first-order chi connectivity index (χ1) is 18.1. The van der Waals surface area contributed by atoms with Crippen molar-refractivity contribution in [1.29, 1.82) is 0 Å². The van der Waals surface area contributed by atoms with Gasteiger partial charge in [0.15, 0.2) is 0 Å². The quantitative estimate of drug-likeness (QED) is 0.223. The van der Waals surface area contributed by atoms with E-state index in [0.29, 0.717) is 18.9 Å². The van der Waals surface area contributed by atoms with Gasteiger partial charge in [0.05, 0.1) is 13.2 Å². The van der Waals surface area contributed by atoms with E-state index in [2.05, 4.69) is 49.9 Å². The minimum atomic E-state index is -0.408. The minimum absolute atomic E-state index is 0.0157. The molecule has 0 heterocycles. The maximum Gasteiger partial charge on any atom is 0.330 e. The molecule has 4 nitrogen and oxygen atoms in total. The van der Waals surface area contributed by atoms with E-state index in [1.807, 2.05) is 24.3 Å². The third-order valence-electron chi connectivity index (χ3n) is 7.31. The van der Waals surface area contributed by atoms with Crippen molar-refractivity contribution in [3.8, 4) is 28.0 Å². The average molecular weight is 499 g/mol. The first-order valence-corrected chi connectivity index (χ1v) is 13.5. The topological polar surface area (TPSA) is 55.8 Å². The number of hydrogen-bond donors (Lipinski definition) is 1. The molecule has 0 bridgehead atoms. The van der Waals surface area contributed by atoms with Crippen LogP contribution >= 0.6 is 0 Å². The molecule has 0 spiro atoms. The van der Waals surface area contributed by atoms with Crippen molar-refractivity contribution in [2.75, 3.05) is 19.8 Å². The molecule has 3 aromatic rings. The Labute approximate surface area is 221 Å². The van der Waals surface area contributed by atoms with Gasteiger partial charge in [0.1, 0.15) is 12.4 Å². The highest BCUT2D eigenvalue weighted by molar-refractivity contribution is 5.81. The van der Waals surface area contributed by atoms with Crippen LogP contribution in [0, 0.1) is 0 Å². The molecule has 4 heteroatoms. The maximum atomic E-state index is 11.6. The molecule has 0 amide bonds. The van der Waals surface area contributed by atoms with Crippen LogP contribution in [0.25, 0.3) is 22.3 Å². The van der Waals surface area contributed by atoms with Crippen LogP contribution in [0.4, 0.5) is 0 Å².